The maximum absolute atomic E-state index is 12.5. The predicted molar refractivity (Wildman–Crippen MR) is 79.9 cm³/mol. The van der Waals surface area contributed by atoms with Gasteiger partial charge in [0, 0.05) is 6.54 Å². The Morgan fingerprint density at radius 3 is 2.73 bits per heavy atom. The normalized spacial score (nSPS) is 15.8. The molecule has 1 amide bonds. The van der Waals surface area contributed by atoms with Crippen molar-refractivity contribution in [1.82, 2.24) is 4.90 Å². The summed E-state index contributed by atoms with van der Waals surface area (Å²) in [5.41, 5.74) is 0.553. The third-order valence-electron chi connectivity index (χ3n) is 3.48. The number of hydrogen-bond donors (Lipinski definition) is 2. The van der Waals surface area contributed by atoms with Gasteiger partial charge in [-0.15, -0.1) is 0 Å². The summed E-state index contributed by atoms with van der Waals surface area (Å²) in [5, 5.41) is 19.7. The molecule has 1 aromatic rings. The molecule has 0 aromatic heterocycles. The molecule has 0 fully saturated rings. The van der Waals surface area contributed by atoms with Crippen LogP contribution in [0.5, 0.6) is 5.75 Å². The maximum Gasteiger partial charge on any atom is 0.292 e. The molecule has 6 nitrogen and oxygen atoms in total. The summed E-state index contributed by atoms with van der Waals surface area (Å²) >= 11 is 0. The molecule has 0 radical (unpaired) electrons. The predicted octanol–water partition coefficient (Wildman–Crippen LogP) is 1.55. The van der Waals surface area contributed by atoms with Gasteiger partial charge in [-0.1, -0.05) is 12.1 Å². The highest BCUT2D eigenvalue weighted by atomic mass is 16.6. The molecule has 0 aliphatic carbocycles. The fraction of sp³-hybridized carbons (Fsp3) is 0.438. The van der Waals surface area contributed by atoms with Crippen LogP contribution in [-0.4, -0.2) is 47.3 Å². The van der Waals surface area contributed by atoms with Gasteiger partial charge in [0.05, 0.1) is 12.6 Å². The highest BCUT2D eigenvalue weighted by molar-refractivity contribution is 5.92. The van der Waals surface area contributed by atoms with Crippen LogP contribution < -0.4 is 0 Å². The molecule has 22 heavy (non-hydrogen) atoms. The van der Waals surface area contributed by atoms with Crippen LogP contribution in [-0.2, 0) is 14.3 Å². The van der Waals surface area contributed by atoms with Gasteiger partial charge < -0.3 is 24.6 Å². The molecular formula is C16H21NO5. The molecule has 1 aromatic carbocycles. The lowest BCUT2D eigenvalue weighted by atomic mass is 10.1. The Morgan fingerprint density at radius 1 is 1.36 bits per heavy atom. The number of carbonyl (C=O) groups is 1. The number of rotatable bonds is 5. The Hall–Kier alpha value is -2.21. The number of phenols is 1. The van der Waals surface area contributed by atoms with Gasteiger partial charge in [0.25, 0.3) is 5.91 Å². The van der Waals surface area contributed by atoms with Crippen LogP contribution in [0.3, 0.4) is 0 Å². The minimum atomic E-state index is -0.888. The summed E-state index contributed by atoms with van der Waals surface area (Å²) in [4.78, 5) is 14.0. The van der Waals surface area contributed by atoms with E-state index in [1.807, 2.05) is 6.92 Å². The zero-order valence-corrected chi connectivity index (χ0v) is 12.8. The number of aliphatic hydroxyl groups excluding tert-OH is 1. The van der Waals surface area contributed by atoms with Crippen LogP contribution in [0.25, 0.3) is 0 Å². The third-order valence-corrected chi connectivity index (χ3v) is 3.48. The lowest BCUT2D eigenvalue weighted by Gasteiger charge is -2.27. The summed E-state index contributed by atoms with van der Waals surface area (Å²) in [7, 11) is 0. The molecular weight excluding hydrogens is 286 g/mol. The number of allylic oxidation sites excluding steroid dienone is 1. The van der Waals surface area contributed by atoms with Crippen molar-refractivity contribution in [2.24, 2.45) is 0 Å². The molecule has 0 bridgehead atoms. The molecule has 1 unspecified atom stereocenters. The van der Waals surface area contributed by atoms with Crippen molar-refractivity contribution in [1.29, 1.82) is 0 Å². The van der Waals surface area contributed by atoms with Gasteiger partial charge in [0.1, 0.15) is 24.7 Å². The van der Waals surface area contributed by atoms with E-state index in [1.54, 1.807) is 19.1 Å². The van der Waals surface area contributed by atoms with E-state index in [0.717, 1.165) is 0 Å². The zero-order chi connectivity index (χ0) is 16.1. The van der Waals surface area contributed by atoms with Gasteiger partial charge in [-0.2, -0.15) is 0 Å². The van der Waals surface area contributed by atoms with E-state index in [4.69, 9.17) is 9.47 Å². The number of benzene rings is 1. The van der Waals surface area contributed by atoms with E-state index in [2.05, 4.69) is 0 Å². The highest BCUT2D eigenvalue weighted by Crippen LogP contribution is 2.21. The number of hydrogen-bond acceptors (Lipinski definition) is 5. The van der Waals surface area contributed by atoms with Gasteiger partial charge in [-0.05, 0) is 31.5 Å². The van der Waals surface area contributed by atoms with Crippen molar-refractivity contribution in [3.05, 3.63) is 41.3 Å². The van der Waals surface area contributed by atoms with Crippen LogP contribution in [0, 0.1) is 0 Å². The van der Waals surface area contributed by atoms with E-state index in [0.29, 0.717) is 31.1 Å². The molecule has 120 valence electrons. The van der Waals surface area contributed by atoms with E-state index in [-0.39, 0.29) is 24.0 Å². The Balaban J connectivity index is 2.10. The van der Waals surface area contributed by atoms with Crippen LogP contribution in [0.2, 0.25) is 0 Å². The second-order valence-corrected chi connectivity index (χ2v) is 5.04. The number of likely N-dealkylation sites (N-methyl/N-ethyl adjacent to an activating group) is 1. The maximum atomic E-state index is 12.5. The van der Waals surface area contributed by atoms with Crippen LogP contribution >= 0.6 is 0 Å². The molecule has 2 N–H and O–H groups in total. The minimum Gasteiger partial charge on any atom is -0.508 e. The average molecular weight is 307 g/mol. The third kappa shape index (κ3) is 3.71. The SMILES string of the molecule is CCN(CC(O)c1cccc(O)c1)C(=O)C1=C(C)OCCO1. The topological polar surface area (TPSA) is 79.2 Å². The van der Waals surface area contributed by atoms with E-state index < -0.39 is 6.10 Å². The van der Waals surface area contributed by atoms with Crippen molar-refractivity contribution in [2.45, 2.75) is 20.0 Å². The van der Waals surface area contributed by atoms with E-state index in [9.17, 15) is 15.0 Å². The molecule has 6 heteroatoms. The highest BCUT2D eigenvalue weighted by Gasteiger charge is 2.26. The number of carbonyl (C=O) groups excluding carboxylic acids is 1. The van der Waals surface area contributed by atoms with Gasteiger partial charge in [-0.25, -0.2) is 0 Å². The van der Waals surface area contributed by atoms with Crippen molar-refractivity contribution in [3.8, 4) is 5.75 Å². The number of phenolic OH excluding ortho intramolecular Hbond substituents is 1. The number of aromatic hydroxyl groups is 1. The van der Waals surface area contributed by atoms with Gasteiger partial charge in [-0.3, -0.25) is 4.79 Å². The first kappa shape index (κ1) is 16.2. The zero-order valence-electron chi connectivity index (χ0n) is 12.8. The molecule has 1 atom stereocenters. The summed E-state index contributed by atoms with van der Waals surface area (Å²) < 4.78 is 10.7. The summed E-state index contributed by atoms with van der Waals surface area (Å²) in [5.74, 6) is 0.421. The van der Waals surface area contributed by atoms with Crippen molar-refractivity contribution >= 4 is 5.91 Å². The molecule has 0 spiro atoms. The standard InChI is InChI=1S/C16H21NO5/c1-3-17(16(20)15-11(2)21-7-8-22-15)10-14(19)12-5-4-6-13(18)9-12/h4-6,9,14,18-19H,3,7-8,10H2,1-2H3. The first-order chi connectivity index (χ1) is 10.5. The monoisotopic (exact) mass is 307 g/mol. The average Bonchev–Trinajstić information content (AvgIpc) is 2.52. The molecule has 2 rings (SSSR count). The lowest BCUT2D eigenvalue weighted by Crippen LogP contribution is -2.37. The van der Waals surface area contributed by atoms with Crippen molar-refractivity contribution in [2.75, 3.05) is 26.3 Å². The second-order valence-electron chi connectivity index (χ2n) is 5.04. The molecule has 0 saturated heterocycles. The molecule has 1 heterocycles. The quantitative estimate of drug-likeness (QED) is 0.863. The van der Waals surface area contributed by atoms with Crippen LogP contribution in [0.1, 0.15) is 25.5 Å². The lowest BCUT2D eigenvalue weighted by molar-refractivity contribution is -0.134. The molecule has 1 aliphatic heterocycles. The minimum absolute atomic E-state index is 0.0773. The van der Waals surface area contributed by atoms with E-state index in [1.165, 1.54) is 17.0 Å². The number of amides is 1. The molecule has 0 saturated carbocycles. The van der Waals surface area contributed by atoms with Gasteiger partial charge >= 0.3 is 0 Å². The number of aliphatic hydroxyl groups is 1. The molecule has 1 aliphatic rings. The van der Waals surface area contributed by atoms with Gasteiger partial charge in [0.15, 0.2) is 0 Å². The Labute approximate surface area is 129 Å². The Morgan fingerprint density at radius 2 is 2.09 bits per heavy atom. The van der Waals surface area contributed by atoms with Gasteiger partial charge in [0.2, 0.25) is 5.76 Å². The van der Waals surface area contributed by atoms with Crippen LogP contribution in [0.4, 0.5) is 0 Å². The van der Waals surface area contributed by atoms with Crippen molar-refractivity contribution in [3.63, 3.8) is 0 Å². The van der Waals surface area contributed by atoms with Crippen LogP contribution in [0.15, 0.2) is 35.8 Å². The number of nitrogens with zero attached hydrogens (tertiary/aromatic N) is 1. The van der Waals surface area contributed by atoms with Crippen molar-refractivity contribution < 1.29 is 24.5 Å². The summed E-state index contributed by atoms with van der Waals surface area (Å²) in [6.07, 6.45) is -0.888. The Kier molecular flexibility index (Phi) is 5.27. The number of ether oxygens (including phenoxy) is 2. The fourth-order valence-electron chi connectivity index (χ4n) is 2.26. The largest absolute Gasteiger partial charge is 0.508 e. The fourth-order valence-corrected chi connectivity index (χ4v) is 2.26. The first-order valence-corrected chi connectivity index (χ1v) is 7.25. The van der Waals surface area contributed by atoms with E-state index >= 15 is 0 Å². The summed E-state index contributed by atoms with van der Waals surface area (Å²) in [6, 6.07) is 6.36. The first-order valence-electron chi connectivity index (χ1n) is 7.25. The summed E-state index contributed by atoms with van der Waals surface area (Å²) in [6.45, 7) is 4.82. The Bertz CT molecular complexity index is 569. The smallest absolute Gasteiger partial charge is 0.292 e. The second kappa shape index (κ2) is 7.17.